The lowest BCUT2D eigenvalue weighted by atomic mass is 10.1. The van der Waals surface area contributed by atoms with Gasteiger partial charge in [-0.25, -0.2) is 18.4 Å². The maximum Gasteiger partial charge on any atom is 0.274 e. The predicted octanol–water partition coefficient (Wildman–Crippen LogP) is 1.46. The Morgan fingerprint density at radius 1 is 1.13 bits per heavy atom. The quantitative estimate of drug-likeness (QED) is 0.520. The number of hydrogen-bond donors (Lipinski definition) is 3. The molecule has 1 amide bonds. The molecule has 3 rings (SSSR count). The molecule has 0 aliphatic carbocycles. The summed E-state index contributed by atoms with van der Waals surface area (Å²) in [5.74, 6) is -0.593. The molecule has 4 N–H and O–H groups in total. The van der Waals surface area contributed by atoms with Crippen molar-refractivity contribution < 1.29 is 18.3 Å². The Morgan fingerprint density at radius 2 is 1.80 bits per heavy atom. The van der Waals surface area contributed by atoms with Gasteiger partial charge >= 0.3 is 0 Å². The number of rotatable bonds is 7. The van der Waals surface area contributed by atoms with Crippen LogP contribution in [0, 0.1) is 0 Å². The minimum Gasteiger partial charge on any atom is -0.394 e. The summed E-state index contributed by atoms with van der Waals surface area (Å²) < 4.78 is 23.2. The molecule has 0 saturated carbocycles. The first-order valence-electron chi connectivity index (χ1n) is 9.16. The Morgan fingerprint density at radius 3 is 2.40 bits per heavy atom. The van der Waals surface area contributed by atoms with Gasteiger partial charge in [-0.1, -0.05) is 42.5 Å². The molecule has 3 aromatic rings. The summed E-state index contributed by atoms with van der Waals surface area (Å²) in [7, 11) is -3.32. The number of nitrogens with two attached hydrogens (primary N) is 1. The standard InChI is InChI=1S/C21H22N4O4S/c1-30(28,29)17-9-7-15(8-10-17)18-12-23-20(22)19(25-18)21(27)24-16(13-26)11-14-5-3-2-4-6-14/h2-10,12,16,26H,11,13H2,1H3,(H2,22,23)(H,24,27)/t16-/m1/s1. The predicted molar refractivity (Wildman–Crippen MR) is 113 cm³/mol. The fourth-order valence-corrected chi connectivity index (χ4v) is 3.52. The molecule has 0 saturated heterocycles. The Hall–Kier alpha value is -3.30. The number of anilines is 1. The van der Waals surface area contributed by atoms with E-state index in [9.17, 15) is 18.3 Å². The lowest BCUT2D eigenvalue weighted by Crippen LogP contribution is -2.39. The molecule has 8 nitrogen and oxygen atoms in total. The molecule has 0 spiro atoms. The number of aliphatic hydroxyl groups is 1. The average molecular weight is 426 g/mol. The number of amides is 1. The minimum atomic E-state index is -3.32. The third kappa shape index (κ3) is 5.19. The van der Waals surface area contributed by atoms with Crippen LogP contribution in [0.25, 0.3) is 11.3 Å². The number of carbonyl (C=O) groups is 1. The van der Waals surface area contributed by atoms with Gasteiger partial charge in [0.15, 0.2) is 21.3 Å². The fraction of sp³-hybridized carbons (Fsp3) is 0.190. The summed E-state index contributed by atoms with van der Waals surface area (Å²) >= 11 is 0. The van der Waals surface area contributed by atoms with Gasteiger partial charge in [0.1, 0.15) is 0 Å². The minimum absolute atomic E-state index is 0.0413. The summed E-state index contributed by atoms with van der Waals surface area (Å²) in [6.45, 7) is -0.249. The van der Waals surface area contributed by atoms with Crippen LogP contribution in [0.3, 0.4) is 0 Å². The van der Waals surface area contributed by atoms with Crippen LogP contribution in [0.4, 0.5) is 5.82 Å². The number of aliphatic hydroxyl groups excluding tert-OH is 1. The van der Waals surface area contributed by atoms with E-state index in [0.29, 0.717) is 17.7 Å². The number of aromatic nitrogens is 2. The van der Waals surface area contributed by atoms with Crippen molar-refractivity contribution in [2.24, 2.45) is 0 Å². The Balaban J connectivity index is 1.81. The molecule has 2 aromatic carbocycles. The molecule has 1 heterocycles. The zero-order valence-corrected chi connectivity index (χ0v) is 17.1. The van der Waals surface area contributed by atoms with Crippen LogP contribution in [0.15, 0.2) is 65.7 Å². The number of nitrogens with one attached hydrogen (secondary N) is 1. The normalized spacial score (nSPS) is 12.3. The van der Waals surface area contributed by atoms with Crippen LogP contribution in [0.1, 0.15) is 16.1 Å². The molecule has 0 aliphatic heterocycles. The summed E-state index contributed by atoms with van der Waals surface area (Å²) in [5, 5.41) is 12.4. The number of nitrogens with zero attached hydrogens (tertiary/aromatic N) is 2. The van der Waals surface area contributed by atoms with Crippen molar-refractivity contribution in [3.05, 3.63) is 72.1 Å². The lowest BCUT2D eigenvalue weighted by molar-refractivity contribution is 0.0912. The largest absolute Gasteiger partial charge is 0.394 e. The second-order valence-corrected chi connectivity index (χ2v) is 8.84. The van der Waals surface area contributed by atoms with Crippen LogP contribution in [0.5, 0.6) is 0 Å². The molecule has 9 heteroatoms. The molecule has 0 radical (unpaired) electrons. The maximum absolute atomic E-state index is 12.7. The summed E-state index contributed by atoms with van der Waals surface area (Å²) in [6.07, 6.45) is 2.98. The second-order valence-electron chi connectivity index (χ2n) is 6.83. The molecule has 156 valence electrons. The van der Waals surface area contributed by atoms with E-state index >= 15 is 0 Å². The summed E-state index contributed by atoms with van der Waals surface area (Å²) in [4.78, 5) is 21.2. The first-order chi connectivity index (χ1) is 14.3. The second kappa shape index (κ2) is 9.02. The van der Waals surface area contributed by atoms with Gasteiger partial charge in [0.2, 0.25) is 0 Å². The number of hydrogen-bond acceptors (Lipinski definition) is 7. The number of carbonyl (C=O) groups excluding carboxylic acids is 1. The van der Waals surface area contributed by atoms with Crippen molar-refractivity contribution in [3.8, 4) is 11.3 Å². The Kier molecular flexibility index (Phi) is 6.43. The number of sulfone groups is 1. The van der Waals surface area contributed by atoms with Gasteiger partial charge in [-0.2, -0.15) is 0 Å². The van der Waals surface area contributed by atoms with Gasteiger partial charge in [-0.15, -0.1) is 0 Å². The third-order valence-corrected chi connectivity index (χ3v) is 5.60. The van der Waals surface area contributed by atoms with Gasteiger partial charge < -0.3 is 16.2 Å². The molecule has 0 bridgehead atoms. The van der Waals surface area contributed by atoms with Gasteiger partial charge in [-0.3, -0.25) is 4.79 Å². The number of benzene rings is 2. The highest BCUT2D eigenvalue weighted by Crippen LogP contribution is 2.21. The van der Waals surface area contributed by atoms with Crippen LogP contribution < -0.4 is 11.1 Å². The van der Waals surface area contributed by atoms with Crippen molar-refractivity contribution in [1.29, 1.82) is 0 Å². The van der Waals surface area contributed by atoms with Crippen molar-refractivity contribution in [3.63, 3.8) is 0 Å². The van der Waals surface area contributed by atoms with Crippen molar-refractivity contribution in [2.75, 3.05) is 18.6 Å². The van der Waals surface area contributed by atoms with Gasteiger partial charge in [0, 0.05) is 11.8 Å². The van der Waals surface area contributed by atoms with E-state index in [-0.39, 0.29) is 23.0 Å². The first kappa shape index (κ1) is 21.4. The SMILES string of the molecule is CS(=O)(=O)c1ccc(-c2cnc(N)c(C(=O)N[C@@H](CO)Cc3ccccc3)n2)cc1. The summed E-state index contributed by atoms with van der Waals surface area (Å²) in [6, 6.07) is 15.1. The van der Waals surface area contributed by atoms with E-state index in [1.165, 1.54) is 18.3 Å². The van der Waals surface area contributed by atoms with Crippen molar-refractivity contribution in [1.82, 2.24) is 15.3 Å². The molecule has 30 heavy (non-hydrogen) atoms. The zero-order chi connectivity index (χ0) is 21.7. The smallest absolute Gasteiger partial charge is 0.274 e. The molecule has 0 fully saturated rings. The molecular weight excluding hydrogens is 404 g/mol. The van der Waals surface area contributed by atoms with Crippen molar-refractivity contribution >= 4 is 21.6 Å². The molecule has 1 atom stereocenters. The topological polar surface area (TPSA) is 135 Å². The van der Waals surface area contributed by atoms with E-state index in [0.717, 1.165) is 11.8 Å². The van der Waals surface area contributed by atoms with Gasteiger partial charge in [0.25, 0.3) is 5.91 Å². The first-order valence-corrected chi connectivity index (χ1v) is 11.1. The van der Waals surface area contributed by atoms with Crippen molar-refractivity contribution in [2.45, 2.75) is 17.4 Å². The highest BCUT2D eigenvalue weighted by atomic mass is 32.2. The Bertz CT molecular complexity index is 1130. The van der Waals surface area contributed by atoms with E-state index in [1.54, 1.807) is 12.1 Å². The highest BCUT2D eigenvalue weighted by molar-refractivity contribution is 7.90. The molecule has 1 aromatic heterocycles. The van der Waals surface area contributed by atoms with E-state index < -0.39 is 21.8 Å². The third-order valence-electron chi connectivity index (χ3n) is 4.47. The van der Waals surface area contributed by atoms with Crippen LogP contribution in [-0.4, -0.2) is 48.3 Å². The van der Waals surface area contributed by atoms with E-state index in [2.05, 4.69) is 15.3 Å². The highest BCUT2D eigenvalue weighted by Gasteiger charge is 2.19. The zero-order valence-electron chi connectivity index (χ0n) is 16.3. The Labute approximate surface area is 174 Å². The molecular formula is C21H22N4O4S. The van der Waals surface area contributed by atoms with Crippen LogP contribution in [0.2, 0.25) is 0 Å². The van der Waals surface area contributed by atoms with Gasteiger partial charge in [0.05, 0.1) is 29.4 Å². The van der Waals surface area contributed by atoms with Gasteiger partial charge in [-0.05, 0) is 24.1 Å². The average Bonchev–Trinajstić information content (AvgIpc) is 2.73. The molecule has 0 aliphatic rings. The molecule has 0 unspecified atom stereocenters. The van der Waals surface area contributed by atoms with Crippen LogP contribution in [-0.2, 0) is 16.3 Å². The maximum atomic E-state index is 12.7. The van der Waals surface area contributed by atoms with E-state index in [4.69, 9.17) is 5.73 Å². The number of nitrogen functional groups attached to an aromatic ring is 1. The fourth-order valence-electron chi connectivity index (χ4n) is 2.89. The summed E-state index contributed by atoms with van der Waals surface area (Å²) in [5.41, 5.74) is 7.71. The monoisotopic (exact) mass is 426 g/mol. The van der Waals surface area contributed by atoms with E-state index in [1.807, 2.05) is 30.3 Å². The lowest BCUT2D eigenvalue weighted by Gasteiger charge is -2.17. The van der Waals surface area contributed by atoms with Crippen LogP contribution >= 0.6 is 0 Å².